The molecule has 0 bridgehead atoms. The van der Waals surface area contributed by atoms with Crippen LogP contribution in [0.5, 0.6) is 0 Å². The molecule has 0 saturated carbocycles. The van der Waals surface area contributed by atoms with Gasteiger partial charge < -0.3 is 15.0 Å². The maximum atomic E-state index is 12.0. The third kappa shape index (κ3) is 4.21. The summed E-state index contributed by atoms with van der Waals surface area (Å²) in [6.07, 6.45) is 3.91. The van der Waals surface area contributed by atoms with Crippen molar-refractivity contribution < 1.29 is 14.7 Å². The van der Waals surface area contributed by atoms with Gasteiger partial charge >= 0.3 is 5.97 Å². The lowest BCUT2D eigenvalue weighted by atomic mass is 10.1. The van der Waals surface area contributed by atoms with Crippen LogP contribution in [0.4, 0.5) is 0 Å². The molecule has 2 aromatic rings. The Balaban J connectivity index is 1.92. The number of aliphatic carboxylic acids is 1. The Bertz CT molecular complexity index is 603. The minimum atomic E-state index is -0.854. The van der Waals surface area contributed by atoms with Crippen LogP contribution >= 0.6 is 0 Å². The van der Waals surface area contributed by atoms with Gasteiger partial charge in [-0.3, -0.25) is 9.59 Å². The van der Waals surface area contributed by atoms with E-state index in [-0.39, 0.29) is 18.2 Å². The zero-order valence-electron chi connectivity index (χ0n) is 11.8. The molecule has 0 aliphatic rings. The van der Waals surface area contributed by atoms with E-state index in [1.807, 2.05) is 41.2 Å². The lowest BCUT2D eigenvalue weighted by molar-refractivity contribution is -0.137. The normalized spacial score (nSPS) is 11.9. The predicted octanol–water partition coefficient (Wildman–Crippen LogP) is 2.32. The fraction of sp³-hybridized carbons (Fsp3) is 0.250. The van der Waals surface area contributed by atoms with Crippen molar-refractivity contribution in [2.24, 2.45) is 5.92 Å². The lowest BCUT2D eigenvalue weighted by Crippen LogP contribution is -2.29. The van der Waals surface area contributed by atoms with E-state index in [9.17, 15) is 9.59 Å². The van der Waals surface area contributed by atoms with Crippen LogP contribution in [-0.2, 0) is 4.79 Å². The Morgan fingerprint density at radius 3 is 2.38 bits per heavy atom. The number of carboxylic acid groups (broad SMARTS) is 1. The summed E-state index contributed by atoms with van der Waals surface area (Å²) in [6, 6.07) is 11.1. The fourth-order valence-electron chi connectivity index (χ4n) is 2.03. The zero-order chi connectivity index (χ0) is 15.2. The van der Waals surface area contributed by atoms with Crippen molar-refractivity contribution in [1.29, 1.82) is 0 Å². The Morgan fingerprint density at radius 2 is 1.81 bits per heavy atom. The van der Waals surface area contributed by atoms with Crippen molar-refractivity contribution in [1.82, 2.24) is 9.88 Å². The molecule has 0 aliphatic heterocycles. The molecule has 1 unspecified atom stereocenters. The first-order valence-corrected chi connectivity index (χ1v) is 6.79. The van der Waals surface area contributed by atoms with Gasteiger partial charge in [-0.1, -0.05) is 6.92 Å². The predicted molar refractivity (Wildman–Crippen MR) is 79.5 cm³/mol. The second-order valence-electron chi connectivity index (χ2n) is 5.05. The van der Waals surface area contributed by atoms with Gasteiger partial charge in [0.25, 0.3) is 5.91 Å². The molecule has 110 valence electrons. The molecule has 0 spiro atoms. The number of hydrogen-bond acceptors (Lipinski definition) is 2. The van der Waals surface area contributed by atoms with Crippen molar-refractivity contribution in [2.45, 2.75) is 13.3 Å². The first-order valence-electron chi connectivity index (χ1n) is 6.79. The molecule has 0 radical (unpaired) electrons. The zero-order valence-corrected chi connectivity index (χ0v) is 11.8. The molecule has 0 saturated heterocycles. The molecular formula is C16H18N2O3. The molecule has 2 rings (SSSR count). The standard InChI is InChI=1S/C16H18N2O3/c1-12(10-15(19)20)11-17-16(21)13-4-6-14(7-5-13)18-8-2-3-9-18/h2-9,12H,10-11H2,1H3,(H,17,21)(H,19,20). The van der Waals surface area contributed by atoms with Gasteiger partial charge in [0.2, 0.25) is 0 Å². The van der Waals surface area contributed by atoms with Crippen LogP contribution in [0.2, 0.25) is 0 Å². The Hall–Kier alpha value is -2.56. The molecule has 0 aliphatic carbocycles. The number of rotatable bonds is 6. The summed E-state index contributed by atoms with van der Waals surface area (Å²) in [6.45, 7) is 2.15. The molecule has 1 atom stereocenters. The number of amides is 1. The smallest absolute Gasteiger partial charge is 0.303 e. The maximum absolute atomic E-state index is 12.0. The number of nitrogens with zero attached hydrogens (tertiary/aromatic N) is 1. The van der Waals surface area contributed by atoms with Crippen LogP contribution in [0.15, 0.2) is 48.8 Å². The molecule has 1 aromatic heterocycles. The van der Waals surface area contributed by atoms with Crippen molar-refractivity contribution in [3.63, 3.8) is 0 Å². The number of carbonyl (C=O) groups is 2. The minimum Gasteiger partial charge on any atom is -0.481 e. The largest absolute Gasteiger partial charge is 0.481 e. The van der Waals surface area contributed by atoms with E-state index in [4.69, 9.17) is 5.11 Å². The summed E-state index contributed by atoms with van der Waals surface area (Å²) in [7, 11) is 0. The highest BCUT2D eigenvalue weighted by Crippen LogP contribution is 2.10. The number of nitrogens with one attached hydrogen (secondary N) is 1. The summed E-state index contributed by atoms with van der Waals surface area (Å²) in [4.78, 5) is 22.5. The third-order valence-corrected chi connectivity index (χ3v) is 3.17. The molecule has 0 fully saturated rings. The quantitative estimate of drug-likeness (QED) is 0.856. The van der Waals surface area contributed by atoms with E-state index in [1.165, 1.54) is 0 Å². The van der Waals surface area contributed by atoms with Gasteiger partial charge in [-0.25, -0.2) is 0 Å². The first kappa shape index (κ1) is 14.8. The number of carbonyl (C=O) groups excluding carboxylic acids is 1. The van der Waals surface area contributed by atoms with Crippen LogP contribution in [0.1, 0.15) is 23.7 Å². The highest BCUT2D eigenvalue weighted by Gasteiger charge is 2.10. The van der Waals surface area contributed by atoms with Gasteiger partial charge in [-0.2, -0.15) is 0 Å². The van der Waals surface area contributed by atoms with Crippen LogP contribution in [0.3, 0.4) is 0 Å². The van der Waals surface area contributed by atoms with Gasteiger partial charge in [-0.05, 0) is 42.3 Å². The van der Waals surface area contributed by atoms with E-state index in [0.29, 0.717) is 12.1 Å². The van der Waals surface area contributed by atoms with E-state index in [0.717, 1.165) is 5.69 Å². The number of hydrogen-bond donors (Lipinski definition) is 2. The Labute approximate surface area is 123 Å². The summed E-state index contributed by atoms with van der Waals surface area (Å²) < 4.78 is 1.95. The maximum Gasteiger partial charge on any atom is 0.303 e. The van der Waals surface area contributed by atoms with E-state index in [1.54, 1.807) is 19.1 Å². The van der Waals surface area contributed by atoms with Crippen LogP contribution in [-0.4, -0.2) is 28.1 Å². The molecule has 21 heavy (non-hydrogen) atoms. The van der Waals surface area contributed by atoms with Gasteiger partial charge in [0.05, 0.1) is 0 Å². The third-order valence-electron chi connectivity index (χ3n) is 3.17. The number of benzene rings is 1. The second kappa shape index (κ2) is 6.74. The van der Waals surface area contributed by atoms with E-state index < -0.39 is 5.97 Å². The van der Waals surface area contributed by atoms with Crippen LogP contribution < -0.4 is 5.32 Å². The highest BCUT2D eigenvalue weighted by atomic mass is 16.4. The van der Waals surface area contributed by atoms with Crippen molar-refractivity contribution in [3.8, 4) is 5.69 Å². The molecule has 5 heteroatoms. The van der Waals surface area contributed by atoms with Gasteiger partial charge in [0.1, 0.15) is 0 Å². The minimum absolute atomic E-state index is 0.0485. The first-order chi connectivity index (χ1) is 10.1. The van der Waals surface area contributed by atoms with Gasteiger partial charge in [-0.15, -0.1) is 0 Å². The molecule has 2 N–H and O–H groups in total. The van der Waals surface area contributed by atoms with Crippen molar-refractivity contribution in [3.05, 3.63) is 54.4 Å². The SMILES string of the molecule is CC(CNC(=O)c1ccc(-n2cccc2)cc1)CC(=O)O. The molecule has 1 amide bonds. The molecule has 1 heterocycles. The summed E-state index contributed by atoms with van der Waals surface area (Å²) >= 11 is 0. The van der Waals surface area contributed by atoms with Crippen molar-refractivity contribution in [2.75, 3.05) is 6.54 Å². The van der Waals surface area contributed by atoms with Crippen LogP contribution in [0, 0.1) is 5.92 Å². The second-order valence-corrected chi connectivity index (χ2v) is 5.05. The molecular weight excluding hydrogens is 268 g/mol. The van der Waals surface area contributed by atoms with E-state index >= 15 is 0 Å². The van der Waals surface area contributed by atoms with Crippen LogP contribution in [0.25, 0.3) is 5.69 Å². The van der Waals surface area contributed by atoms with E-state index in [2.05, 4.69) is 5.32 Å². The highest BCUT2D eigenvalue weighted by molar-refractivity contribution is 5.94. The number of aromatic nitrogens is 1. The summed E-state index contributed by atoms with van der Waals surface area (Å²) in [5.41, 5.74) is 1.55. The summed E-state index contributed by atoms with van der Waals surface area (Å²) in [5.74, 6) is -1.13. The summed E-state index contributed by atoms with van der Waals surface area (Å²) in [5, 5.41) is 11.4. The molecule has 1 aromatic carbocycles. The monoisotopic (exact) mass is 286 g/mol. The average molecular weight is 286 g/mol. The van der Waals surface area contributed by atoms with Gasteiger partial charge in [0, 0.05) is 36.6 Å². The molecule has 5 nitrogen and oxygen atoms in total. The number of carboxylic acids is 1. The van der Waals surface area contributed by atoms with Crippen molar-refractivity contribution >= 4 is 11.9 Å². The lowest BCUT2D eigenvalue weighted by Gasteiger charge is -2.11. The Kier molecular flexibility index (Phi) is 4.77. The fourth-order valence-corrected chi connectivity index (χ4v) is 2.03. The Morgan fingerprint density at radius 1 is 1.19 bits per heavy atom. The van der Waals surface area contributed by atoms with Gasteiger partial charge in [0.15, 0.2) is 0 Å². The topological polar surface area (TPSA) is 71.3 Å². The average Bonchev–Trinajstić information content (AvgIpc) is 2.98.